The molecule has 0 bridgehead atoms. The maximum absolute atomic E-state index is 5.89. The predicted molar refractivity (Wildman–Crippen MR) is 70.3 cm³/mol. The first-order chi connectivity index (χ1) is 7.79. The summed E-state index contributed by atoms with van der Waals surface area (Å²) >= 11 is 5.89. The lowest BCUT2D eigenvalue weighted by atomic mass is 9.96. The maximum Gasteiger partial charge on any atom is 0.0407 e. The number of rotatable bonds is 3. The van der Waals surface area contributed by atoms with Gasteiger partial charge in [-0.25, -0.2) is 0 Å². The van der Waals surface area contributed by atoms with Crippen LogP contribution in [0.15, 0.2) is 24.3 Å². The van der Waals surface area contributed by atoms with Crippen LogP contribution in [0.3, 0.4) is 0 Å². The Morgan fingerprint density at radius 1 is 1.25 bits per heavy atom. The van der Waals surface area contributed by atoms with Crippen molar-refractivity contribution in [2.45, 2.75) is 12.8 Å². The Bertz CT molecular complexity index is 315. The summed E-state index contributed by atoms with van der Waals surface area (Å²) in [5, 5.41) is 4.08. The van der Waals surface area contributed by atoms with E-state index in [-0.39, 0.29) is 0 Å². The highest BCUT2D eigenvalue weighted by Crippen LogP contribution is 2.24. The van der Waals surface area contributed by atoms with Crippen molar-refractivity contribution in [3.05, 3.63) is 29.3 Å². The van der Waals surface area contributed by atoms with Crippen LogP contribution >= 0.6 is 11.6 Å². The molecule has 0 aromatic heterocycles. The van der Waals surface area contributed by atoms with Crippen molar-refractivity contribution < 1.29 is 0 Å². The van der Waals surface area contributed by atoms with Crippen LogP contribution in [0.5, 0.6) is 0 Å². The molecule has 0 amide bonds. The van der Waals surface area contributed by atoms with E-state index in [9.17, 15) is 0 Å². The van der Waals surface area contributed by atoms with Gasteiger partial charge in [0.15, 0.2) is 0 Å². The maximum atomic E-state index is 5.89. The Kier molecular flexibility index (Phi) is 4.08. The van der Waals surface area contributed by atoms with Gasteiger partial charge in [-0.05, 0) is 56.6 Å². The van der Waals surface area contributed by atoms with E-state index >= 15 is 0 Å². The molecule has 1 heterocycles. The Balaban J connectivity index is 1.91. The summed E-state index contributed by atoms with van der Waals surface area (Å²) in [7, 11) is 2.03. The number of nitrogens with one attached hydrogen (secondary N) is 1. The van der Waals surface area contributed by atoms with Gasteiger partial charge in [0.2, 0.25) is 0 Å². The zero-order valence-corrected chi connectivity index (χ0v) is 10.5. The van der Waals surface area contributed by atoms with Gasteiger partial charge in [-0.2, -0.15) is 0 Å². The molecule has 16 heavy (non-hydrogen) atoms. The van der Waals surface area contributed by atoms with Crippen LogP contribution in [0.1, 0.15) is 12.8 Å². The van der Waals surface area contributed by atoms with E-state index in [4.69, 9.17) is 11.6 Å². The standard InChI is InChI=1S/C13H19ClN2/c1-15-10-11-6-8-16(9-7-11)13-4-2-12(14)3-5-13/h2-5,11,15H,6-10H2,1H3. The molecule has 2 rings (SSSR count). The number of hydrogen-bond acceptors (Lipinski definition) is 2. The molecule has 0 atom stereocenters. The van der Waals surface area contributed by atoms with Crippen molar-refractivity contribution in [3.8, 4) is 0 Å². The molecule has 88 valence electrons. The van der Waals surface area contributed by atoms with Gasteiger partial charge in [-0.15, -0.1) is 0 Å². The minimum absolute atomic E-state index is 0.814. The van der Waals surface area contributed by atoms with Crippen LogP contribution in [0, 0.1) is 5.92 Å². The normalized spacial score (nSPS) is 17.8. The molecule has 3 heteroatoms. The van der Waals surface area contributed by atoms with Crippen LogP contribution in [0.4, 0.5) is 5.69 Å². The Morgan fingerprint density at radius 3 is 2.44 bits per heavy atom. The van der Waals surface area contributed by atoms with Crippen molar-refractivity contribution >= 4 is 17.3 Å². The smallest absolute Gasteiger partial charge is 0.0407 e. The molecule has 1 fully saturated rings. The first kappa shape index (κ1) is 11.7. The summed E-state index contributed by atoms with van der Waals surface area (Å²) in [6, 6.07) is 8.16. The highest BCUT2D eigenvalue weighted by Gasteiger charge is 2.18. The molecule has 1 aromatic rings. The van der Waals surface area contributed by atoms with Gasteiger partial charge in [-0.1, -0.05) is 11.6 Å². The summed E-state index contributed by atoms with van der Waals surface area (Å²) in [6.45, 7) is 3.47. The number of hydrogen-bond donors (Lipinski definition) is 1. The van der Waals surface area contributed by atoms with Gasteiger partial charge in [0, 0.05) is 23.8 Å². The fourth-order valence-electron chi connectivity index (χ4n) is 2.34. The molecule has 1 saturated heterocycles. The Labute approximate surface area is 103 Å². The molecule has 1 aromatic carbocycles. The minimum atomic E-state index is 0.814. The second kappa shape index (κ2) is 5.55. The number of anilines is 1. The third kappa shape index (κ3) is 2.89. The lowest BCUT2D eigenvalue weighted by Crippen LogP contribution is -2.36. The van der Waals surface area contributed by atoms with Crippen molar-refractivity contribution in [1.82, 2.24) is 5.32 Å². The van der Waals surface area contributed by atoms with Crippen LogP contribution in [0.2, 0.25) is 5.02 Å². The third-order valence-corrected chi connectivity index (χ3v) is 3.55. The van der Waals surface area contributed by atoms with Gasteiger partial charge in [-0.3, -0.25) is 0 Å². The predicted octanol–water partition coefficient (Wildman–Crippen LogP) is 2.78. The van der Waals surface area contributed by atoms with E-state index in [1.165, 1.54) is 18.5 Å². The van der Waals surface area contributed by atoms with E-state index in [1.54, 1.807) is 0 Å². The van der Waals surface area contributed by atoms with E-state index in [0.717, 1.165) is 30.6 Å². The lowest BCUT2D eigenvalue weighted by molar-refractivity contribution is 0.393. The average Bonchev–Trinajstić information content (AvgIpc) is 2.32. The summed E-state index contributed by atoms with van der Waals surface area (Å²) in [5.74, 6) is 0.841. The van der Waals surface area contributed by atoms with Crippen molar-refractivity contribution in [1.29, 1.82) is 0 Å². The molecule has 1 N–H and O–H groups in total. The monoisotopic (exact) mass is 238 g/mol. The molecule has 0 spiro atoms. The highest BCUT2D eigenvalue weighted by molar-refractivity contribution is 6.30. The zero-order valence-electron chi connectivity index (χ0n) is 9.75. The van der Waals surface area contributed by atoms with Gasteiger partial charge in [0.25, 0.3) is 0 Å². The fraction of sp³-hybridized carbons (Fsp3) is 0.538. The molecule has 0 unspecified atom stereocenters. The second-order valence-electron chi connectivity index (χ2n) is 4.46. The largest absolute Gasteiger partial charge is 0.372 e. The van der Waals surface area contributed by atoms with Crippen LogP contribution in [-0.4, -0.2) is 26.7 Å². The topological polar surface area (TPSA) is 15.3 Å². The number of benzene rings is 1. The Hall–Kier alpha value is -0.730. The first-order valence-electron chi connectivity index (χ1n) is 5.94. The van der Waals surface area contributed by atoms with E-state index in [2.05, 4.69) is 22.3 Å². The molecular weight excluding hydrogens is 220 g/mol. The van der Waals surface area contributed by atoms with Crippen LogP contribution < -0.4 is 10.2 Å². The van der Waals surface area contributed by atoms with Gasteiger partial charge in [0.05, 0.1) is 0 Å². The lowest BCUT2D eigenvalue weighted by Gasteiger charge is -2.33. The fourth-order valence-corrected chi connectivity index (χ4v) is 2.46. The summed E-state index contributed by atoms with van der Waals surface area (Å²) in [6.07, 6.45) is 2.56. The molecular formula is C13H19ClN2. The zero-order chi connectivity index (χ0) is 11.4. The third-order valence-electron chi connectivity index (χ3n) is 3.30. The summed E-state index contributed by atoms with van der Waals surface area (Å²) in [5.41, 5.74) is 1.30. The van der Waals surface area contributed by atoms with Gasteiger partial charge in [0.1, 0.15) is 0 Å². The molecule has 1 aliphatic rings. The SMILES string of the molecule is CNCC1CCN(c2ccc(Cl)cc2)CC1. The molecule has 0 saturated carbocycles. The van der Waals surface area contributed by atoms with Gasteiger partial charge < -0.3 is 10.2 Å². The van der Waals surface area contributed by atoms with E-state index in [1.807, 2.05) is 19.2 Å². The van der Waals surface area contributed by atoms with Crippen molar-refractivity contribution in [2.24, 2.45) is 5.92 Å². The number of nitrogens with zero attached hydrogens (tertiary/aromatic N) is 1. The molecule has 1 aliphatic heterocycles. The quantitative estimate of drug-likeness (QED) is 0.871. The van der Waals surface area contributed by atoms with Crippen LogP contribution in [0.25, 0.3) is 0 Å². The second-order valence-corrected chi connectivity index (χ2v) is 4.90. The molecule has 0 radical (unpaired) electrons. The summed E-state index contributed by atoms with van der Waals surface area (Å²) in [4.78, 5) is 2.45. The number of halogens is 1. The first-order valence-corrected chi connectivity index (χ1v) is 6.32. The minimum Gasteiger partial charge on any atom is -0.372 e. The summed E-state index contributed by atoms with van der Waals surface area (Å²) < 4.78 is 0. The van der Waals surface area contributed by atoms with E-state index < -0.39 is 0 Å². The van der Waals surface area contributed by atoms with Crippen LogP contribution in [-0.2, 0) is 0 Å². The molecule has 0 aliphatic carbocycles. The Morgan fingerprint density at radius 2 is 1.88 bits per heavy atom. The highest BCUT2D eigenvalue weighted by atomic mass is 35.5. The number of piperidine rings is 1. The van der Waals surface area contributed by atoms with E-state index in [0.29, 0.717) is 0 Å². The van der Waals surface area contributed by atoms with Gasteiger partial charge >= 0.3 is 0 Å². The average molecular weight is 239 g/mol. The molecule has 2 nitrogen and oxygen atoms in total. The van der Waals surface area contributed by atoms with Crippen molar-refractivity contribution in [3.63, 3.8) is 0 Å². The van der Waals surface area contributed by atoms with Crippen molar-refractivity contribution in [2.75, 3.05) is 31.6 Å².